The van der Waals surface area contributed by atoms with E-state index in [4.69, 9.17) is 0 Å². The molecule has 0 fully saturated rings. The lowest BCUT2D eigenvalue weighted by Crippen LogP contribution is -2.11. The van der Waals surface area contributed by atoms with Gasteiger partial charge in [0.1, 0.15) is 11.6 Å². The minimum Gasteiger partial charge on any atom is -0.508 e. The molecule has 0 spiro atoms. The summed E-state index contributed by atoms with van der Waals surface area (Å²) in [6, 6.07) is 13.3. The Labute approximate surface area is 129 Å². The highest BCUT2D eigenvalue weighted by molar-refractivity contribution is 5.77. The summed E-state index contributed by atoms with van der Waals surface area (Å²) in [4.78, 5) is 8.84. The van der Waals surface area contributed by atoms with E-state index < -0.39 is 0 Å². The zero-order valence-corrected chi connectivity index (χ0v) is 13.0. The summed E-state index contributed by atoms with van der Waals surface area (Å²) in [7, 11) is 0. The number of aromatic hydroxyl groups is 1. The molecule has 0 bridgehead atoms. The fraction of sp³-hybridized carbons (Fsp3) is 0.222. The van der Waals surface area contributed by atoms with Crippen LogP contribution in [0.3, 0.4) is 0 Å². The van der Waals surface area contributed by atoms with Gasteiger partial charge in [0.2, 0.25) is 0 Å². The zero-order chi connectivity index (χ0) is 15.7. The highest BCUT2D eigenvalue weighted by atomic mass is 16.3. The molecule has 4 heteroatoms. The van der Waals surface area contributed by atoms with Crippen molar-refractivity contribution in [1.82, 2.24) is 9.97 Å². The van der Waals surface area contributed by atoms with Crippen LogP contribution in [-0.2, 0) is 5.41 Å². The van der Waals surface area contributed by atoms with Gasteiger partial charge in [-0.1, -0.05) is 32.9 Å². The van der Waals surface area contributed by atoms with Gasteiger partial charge in [-0.15, -0.1) is 0 Å². The first-order valence-electron chi connectivity index (χ1n) is 7.25. The van der Waals surface area contributed by atoms with Crippen molar-refractivity contribution in [3.8, 4) is 5.75 Å². The molecule has 0 unspecified atom stereocenters. The Morgan fingerprint density at radius 3 is 2.59 bits per heavy atom. The van der Waals surface area contributed by atoms with Crippen molar-refractivity contribution in [3.05, 3.63) is 54.2 Å². The molecule has 0 aliphatic carbocycles. The minimum atomic E-state index is 0.101. The molecule has 1 heterocycles. The molecule has 3 rings (SSSR count). The first-order chi connectivity index (χ1) is 10.4. The Kier molecular flexibility index (Phi) is 3.45. The van der Waals surface area contributed by atoms with Gasteiger partial charge >= 0.3 is 0 Å². The first kappa shape index (κ1) is 14.3. The van der Waals surface area contributed by atoms with Crippen molar-refractivity contribution in [2.75, 3.05) is 5.32 Å². The Balaban J connectivity index is 1.91. The molecule has 112 valence electrons. The number of phenolic OH excluding ortho intramolecular Hbond substituents is 1. The van der Waals surface area contributed by atoms with Gasteiger partial charge in [0.05, 0.1) is 17.2 Å². The average Bonchev–Trinajstić information content (AvgIpc) is 2.47. The van der Waals surface area contributed by atoms with E-state index in [1.54, 1.807) is 24.4 Å². The number of nitrogens with one attached hydrogen (secondary N) is 1. The van der Waals surface area contributed by atoms with E-state index in [2.05, 4.69) is 48.2 Å². The van der Waals surface area contributed by atoms with Crippen LogP contribution in [0.5, 0.6) is 5.75 Å². The second-order valence-corrected chi connectivity index (χ2v) is 6.38. The molecule has 2 N–H and O–H groups in total. The van der Waals surface area contributed by atoms with Crippen LogP contribution >= 0.6 is 0 Å². The van der Waals surface area contributed by atoms with Crippen molar-refractivity contribution >= 4 is 22.5 Å². The molecule has 4 nitrogen and oxygen atoms in total. The summed E-state index contributed by atoms with van der Waals surface area (Å²) in [6.45, 7) is 6.57. The number of aromatic nitrogens is 2. The van der Waals surface area contributed by atoms with E-state index in [0.29, 0.717) is 11.3 Å². The fourth-order valence-electron chi connectivity index (χ4n) is 2.27. The lowest BCUT2D eigenvalue weighted by atomic mass is 9.87. The van der Waals surface area contributed by atoms with Crippen molar-refractivity contribution in [2.24, 2.45) is 0 Å². The molecule has 2 aromatic carbocycles. The second kappa shape index (κ2) is 5.30. The normalized spacial score (nSPS) is 11.6. The zero-order valence-electron chi connectivity index (χ0n) is 13.0. The van der Waals surface area contributed by atoms with E-state index in [1.807, 2.05) is 12.1 Å². The number of rotatable bonds is 2. The van der Waals surface area contributed by atoms with E-state index >= 15 is 0 Å². The molecular weight excluding hydrogens is 274 g/mol. The number of hydrogen-bond acceptors (Lipinski definition) is 4. The van der Waals surface area contributed by atoms with E-state index in [0.717, 1.165) is 11.2 Å². The van der Waals surface area contributed by atoms with Gasteiger partial charge in [0, 0.05) is 11.8 Å². The van der Waals surface area contributed by atoms with Gasteiger partial charge in [-0.05, 0) is 35.2 Å². The third-order valence-electron chi connectivity index (χ3n) is 3.53. The van der Waals surface area contributed by atoms with Crippen LogP contribution in [0, 0.1) is 0 Å². The Bertz CT molecular complexity index is 822. The van der Waals surface area contributed by atoms with Crippen LogP contribution < -0.4 is 5.32 Å². The second-order valence-electron chi connectivity index (χ2n) is 6.38. The summed E-state index contributed by atoms with van der Waals surface area (Å²) in [5.74, 6) is 0.879. The predicted octanol–water partition coefficient (Wildman–Crippen LogP) is 4.38. The average molecular weight is 293 g/mol. The summed E-state index contributed by atoms with van der Waals surface area (Å²) in [5, 5.41) is 12.7. The molecule has 0 atom stereocenters. The Morgan fingerprint density at radius 1 is 1.00 bits per heavy atom. The fourth-order valence-corrected chi connectivity index (χ4v) is 2.27. The molecule has 1 aromatic heterocycles. The van der Waals surface area contributed by atoms with Crippen LogP contribution in [0.1, 0.15) is 26.3 Å². The lowest BCUT2D eigenvalue weighted by molar-refractivity contribution is 0.476. The largest absolute Gasteiger partial charge is 0.508 e. The molecule has 0 amide bonds. The Hall–Kier alpha value is -2.62. The molecule has 0 aliphatic rings. The number of benzene rings is 2. The van der Waals surface area contributed by atoms with Crippen LogP contribution in [0.4, 0.5) is 11.5 Å². The van der Waals surface area contributed by atoms with E-state index in [9.17, 15) is 5.11 Å². The van der Waals surface area contributed by atoms with Crippen molar-refractivity contribution in [2.45, 2.75) is 26.2 Å². The highest BCUT2D eigenvalue weighted by Crippen LogP contribution is 2.26. The van der Waals surface area contributed by atoms with Crippen LogP contribution in [0.15, 0.2) is 48.7 Å². The van der Waals surface area contributed by atoms with Crippen molar-refractivity contribution in [1.29, 1.82) is 0 Å². The SMILES string of the molecule is CC(C)(C)c1cccc(Nc2cnc3cc(O)ccc3n2)c1. The molecule has 0 aliphatic heterocycles. The lowest BCUT2D eigenvalue weighted by Gasteiger charge is -2.20. The number of phenols is 1. The first-order valence-corrected chi connectivity index (χ1v) is 7.25. The molecule has 22 heavy (non-hydrogen) atoms. The Morgan fingerprint density at radius 2 is 1.82 bits per heavy atom. The molecule has 3 aromatic rings. The smallest absolute Gasteiger partial charge is 0.149 e. The van der Waals surface area contributed by atoms with Gasteiger partial charge < -0.3 is 10.4 Å². The standard InChI is InChI=1S/C18H19N3O/c1-18(2,3)12-5-4-6-13(9-12)20-17-11-19-16-10-14(22)7-8-15(16)21-17/h4-11,22H,1-3H3,(H,20,21). The quantitative estimate of drug-likeness (QED) is 0.736. The van der Waals surface area contributed by atoms with E-state index in [-0.39, 0.29) is 11.2 Å². The third kappa shape index (κ3) is 3.01. The number of anilines is 2. The van der Waals surface area contributed by atoms with Crippen molar-refractivity contribution in [3.63, 3.8) is 0 Å². The van der Waals surface area contributed by atoms with Gasteiger partial charge in [0.25, 0.3) is 0 Å². The highest BCUT2D eigenvalue weighted by Gasteiger charge is 2.13. The monoisotopic (exact) mass is 293 g/mol. The maximum Gasteiger partial charge on any atom is 0.149 e. The van der Waals surface area contributed by atoms with Gasteiger partial charge in [0.15, 0.2) is 0 Å². The van der Waals surface area contributed by atoms with Crippen LogP contribution in [0.25, 0.3) is 11.0 Å². The number of fused-ring (bicyclic) bond motifs is 1. The predicted molar refractivity (Wildman–Crippen MR) is 89.6 cm³/mol. The summed E-state index contributed by atoms with van der Waals surface area (Å²) < 4.78 is 0. The molecular formula is C18H19N3O. The number of hydrogen-bond donors (Lipinski definition) is 2. The van der Waals surface area contributed by atoms with Gasteiger partial charge in [-0.3, -0.25) is 4.98 Å². The molecule has 0 radical (unpaired) electrons. The topological polar surface area (TPSA) is 58.0 Å². The molecule has 0 saturated carbocycles. The summed E-state index contributed by atoms with van der Waals surface area (Å²) in [6.07, 6.45) is 1.67. The maximum absolute atomic E-state index is 9.46. The van der Waals surface area contributed by atoms with Gasteiger partial charge in [-0.25, -0.2) is 4.98 Å². The molecule has 0 saturated heterocycles. The van der Waals surface area contributed by atoms with Crippen molar-refractivity contribution < 1.29 is 5.11 Å². The van der Waals surface area contributed by atoms with E-state index in [1.165, 1.54) is 5.56 Å². The number of nitrogens with zero attached hydrogens (tertiary/aromatic N) is 2. The van der Waals surface area contributed by atoms with Crippen LogP contribution in [-0.4, -0.2) is 15.1 Å². The minimum absolute atomic E-state index is 0.101. The maximum atomic E-state index is 9.46. The third-order valence-corrected chi connectivity index (χ3v) is 3.53. The van der Waals surface area contributed by atoms with Crippen LogP contribution in [0.2, 0.25) is 0 Å². The van der Waals surface area contributed by atoms with Gasteiger partial charge in [-0.2, -0.15) is 0 Å². The summed E-state index contributed by atoms with van der Waals surface area (Å²) >= 11 is 0. The summed E-state index contributed by atoms with van der Waals surface area (Å²) in [5.41, 5.74) is 3.77.